The number of benzene rings is 2. The Morgan fingerprint density at radius 1 is 1.16 bits per heavy atom. The summed E-state index contributed by atoms with van der Waals surface area (Å²) in [6.07, 6.45) is 3.06. The highest BCUT2D eigenvalue weighted by atomic mass is 35.5. The Hall–Kier alpha value is -2.06. The maximum Gasteiger partial charge on any atom is 0.451 e. The molecule has 0 aromatic heterocycles. The molecule has 2 aromatic rings. The summed E-state index contributed by atoms with van der Waals surface area (Å²) < 4.78 is 0. The fourth-order valence-electron chi connectivity index (χ4n) is 4.41. The molecule has 0 aliphatic heterocycles. The first-order valence-corrected chi connectivity index (χ1v) is 11.1. The van der Waals surface area contributed by atoms with E-state index in [2.05, 4.69) is 17.0 Å². The smallest absolute Gasteiger partial charge is 0.451 e. The quantitative estimate of drug-likeness (QED) is 0.329. The first-order valence-electron chi connectivity index (χ1n) is 10.7. The molecule has 0 amide bonds. The molecule has 0 bridgehead atoms. The van der Waals surface area contributed by atoms with Crippen molar-refractivity contribution < 1.29 is 19.9 Å². The summed E-state index contributed by atoms with van der Waals surface area (Å²) in [4.78, 5) is 14.2. The molecular formula is C23H30BClN2O4. The number of carboxylic acids is 1. The number of hydrogen-bond donors (Lipinski definition) is 4. The number of carboxylic acid groups (broad SMARTS) is 1. The largest absolute Gasteiger partial charge is 0.480 e. The van der Waals surface area contributed by atoms with Gasteiger partial charge in [-0.05, 0) is 55.3 Å². The first-order chi connectivity index (χ1) is 14.7. The van der Waals surface area contributed by atoms with E-state index in [0.717, 1.165) is 16.8 Å². The van der Waals surface area contributed by atoms with Crippen LogP contribution in [0.3, 0.4) is 0 Å². The lowest BCUT2D eigenvalue weighted by molar-refractivity contribution is -0.147. The van der Waals surface area contributed by atoms with Gasteiger partial charge in [0.2, 0.25) is 0 Å². The number of rotatable bonds is 10. The van der Waals surface area contributed by atoms with Gasteiger partial charge in [0.05, 0.1) is 0 Å². The van der Waals surface area contributed by atoms with Crippen molar-refractivity contribution in [3.05, 3.63) is 53.6 Å². The van der Waals surface area contributed by atoms with Crippen LogP contribution in [0.1, 0.15) is 32.1 Å². The van der Waals surface area contributed by atoms with E-state index >= 15 is 0 Å². The van der Waals surface area contributed by atoms with Gasteiger partial charge in [-0.25, -0.2) is 0 Å². The molecule has 1 atom stereocenters. The van der Waals surface area contributed by atoms with Crippen LogP contribution in [-0.2, 0) is 4.79 Å². The molecule has 1 aliphatic carbocycles. The summed E-state index contributed by atoms with van der Waals surface area (Å²) in [6.45, 7) is 0. The van der Waals surface area contributed by atoms with Crippen molar-refractivity contribution in [1.82, 2.24) is 0 Å². The number of nitrogens with zero attached hydrogens (tertiary/aromatic N) is 1. The monoisotopic (exact) mass is 444 g/mol. The zero-order valence-electron chi connectivity index (χ0n) is 17.7. The van der Waals surface area contributed by atoms with Gasteiger partial charge >= 0.3 is 13.1 Å². The predicted molar refractivity (Wildman–Crippen MR) is 125 cm³/mol. The third-order valence-electron chi connectivity index (χ3n) is 6.53. The Bertz CT molecular complexity index is 889. The molecule has 166 valence electrons. The van der Waals surface area contributed by atoms with Gasteiger partial charge in [-0.15, -0.1) is 0 Å². The van der Waals surface area contributed by atoms with Crippen molar-refractivity contribution in [2.24, 2.45) is 11.7 Å². The van der Waals surface area contributed by atoms with Crippen LogP contribution in [0.15, 0.2) is 48.5 Å². The number of nitrogens with two attached hydrogens (primary N) is 1. The summed E-state index contributed by atoms with van der Waals surface area (Å²) >= 11 is 6.03. The first kappa shape index (κ1) is 23.6. The lowest BCUT2D eigenvalue weighted by atomic mass is 9.65. The van der Waals surface area contributed by atoms with Gasteiger partial charge in [0.15, 0.2) is 0 Å². The molecular weight excluding hydrogens is 415 g/mol. The van der Waals surface area contributed by atoms with Gasteiger partial charge in [-0.2, -0.15) is 0 Å². The van der Waals surface area contributed by atoms with E-state index in [1.54, 1.807) is 0 Å². The third-order valence-corrected chi connectivity index (χ3v) is 6.78. The topological polar surface area (TPSA) is 107 Å². The molecule has 1 aliphatic rings. The summed E-state index contributed by atoms with van der Waals surface area (Å²) in [5.41, 5.74) is 8.32. The van der Waals surface area contributed by atoms with Crippen LogP contribution in [0.2, 0.25) is 11.3 Å². The van der Waals surface area contributed by atoms with Gasteiger partial charge < -0.3 is 25.8 Å². The molecule has 5 N–H and O–H groups in total. The van der Waals surface area contributed by atoms with Gasteiger partial charge in [0.1, 0.15) is 5.54 Å². The molecule has 31 heavy (non-hydrogen) atoms. The molecule has 1 saturated carbocycles. The molecule has 2 aromatic carbocycles. The van der Waals surface area contributed by atoms with Gasteiger partial charge in [-0.1, -0.05) is 54.8 Å². The molecule has 0 radical (unpaired) electrons. The number of anilines is 1. The van der Waals surface area contributed by atoms with E-state index in [-0.39, 0.29) is 18.3 Å². The van der Waals surface area contributed by atoms with Crippen LogP contribution >= 0.6 is 11.6 Å². The number of para-hydroxylation sites is 1. The van der Waals surface area contributed by atoms with Gasteiger partial charge in [-0.3, -0.25) is 4.79 Å². The van der Waals surface area contributed by atoms with E-state index in [9.17, 15) is 9.90 Å². The average Bonchev–Trinajstić information content (AvgIpc) is 2.70. The fraction of sp³-hybridized carbons (Fsp3) is 0.435. The average molecular weight is 445 g/mol. The molecule has 6 nitrogen and oxygen atoms in total. The van der Waals surface area contributed by atoms with Crippen LogP contribution in [-0.4, -0.2) is 46.9 Å². The van der Waals surface area contributed by atoms with E-state index in [4.69, 9.17) is 27.4 Å². The van der Waals surface area contributed by atoms with Crippen molar-refractivity contribution in [1.29, 1.82) is 0 Å². The molecule has 0 unspecified atom stereocenters. The Labute approximate surface area is 188 Å². The zero-order valence-corrected chi connectivity index (χ0v) is 18.5. The minimum Gasteiger partial charge on any atom is -0.480 e. The second-order valence-corrected chi connectivity index (χ2v) is 8.97. The SMILES string of the molecule is CN(c1ccccc1-c1ccc(Cl)cc1)[C@H]1C[C@H]([C@@](N)(CCCCB(O)O)C(=O)O)C1. The standard InChI is InChI=1S/C23H30BClN2O4/c1-27(21-7-3-2-6-20(21)16-8-10-18(25)11-9-16)19-14-17(15-19)23(26,22(28)29)12-4-5-13-24(30)31/h2-3,6-11,17,19,30-31H,4-5,12-15,26H2,1H3,(H,28,29)/t17-,19-,23-/m0/s1. The lowest BCUT2D eigenvalue weighted by Gasteiger charge is -2.48. The van der Waals surface area contributed by atoms with Gasteiger partial charge in [0.25, 0.3) is 0 Å². The molecule has 0 heterocycles. The van der Waals surface area contributed by atoms with Crippen molar-refractivity contribution >= 4 is 30.4 Å². The van der Waals surface area contributed by atoms with Crippen molar-refractivity contribution in [3.63, 3.8) is 0 Å². The maximum absolute atomic E-state index is 11.9. The Morgan fingerprint density at radius 3 is 2.42 bits per heavy atom. The van der Waals surface area contributed by atoms with Crippen LogP contribution < -0.4 is 10.6 Å². The Morgan fingerprint density at radius 2 is 1.81 bits per heavy atom. The minimum atomic E-state index is -1.36. The second-order valence-electron chi connectivity index (χ2n) is 8.53. The van der Waals surface area contributed by atoms with E-state index in [1.165, 1.54) is 0 Å². The van der Waals surface area contributed by atoms with Crippen LogP contribution in [0, 0.1) is 5.92 Å². The Kier molecular flexibility index (Phi) is 7.65. The number of unbranched alkanes of at least 4 members (excludes halogenated alkanes) is 1. The van der Waals surface area contributed by atoms with Crippen LogP contribution in [0.4, 0.5) is 5.69 Å². The summed E-state index contributed by atoms with van der Waals surface area (Å²) in [5, 5.41) is 28.4. The third kappa shape index (κ3) is 5.41. The van der Waals surface area contributed by atoms with E-state index in [1.807, 2.05) is 43.4 Å². The highest BCUT2D eigenvalue weighted by molar-refractivity contribution is 6.40. The highest BCUT2D eigenvalue weighted by Crippen LogP contribution is 2.43. The predicted octanol–water partition coefficient (Wildman–Crippen LogP) is 3.65. The van der Waals surface area contributed by atoms with Crippen LogP contribution in [0.5, 0.6) is 0 Å². The number of hydrogen-bond acceptors (Lipinski definition) is 5. The maximum atomic E-state index is 11.9. The van der Waals surface area contributed by atoms with E-state index < -0.39 is 18.6 Å². The normalized spacial score (nSPS) is 19.9. The number of halogens is 1. The van der Waals surface area contributed by atoms with Crippen molar-refractivity contribution in [3.8, 4) is 11.1 Å². The molecule has 1 fully saturated rings. The lowest BCUT2D eigenvalue weighted by Crippen LogP contribution is -2.61. The minimum absolute atomic E-state index is 0.112. The number of aliphatic carboxylic acids is 1. The highest BCUT2D eigenvalue weighted by Gasteiger charge is 2.49. The zero-order chi connectivity index (χ0) is 22.6. The molecule has 0 saturated heterocycles. The summed E-state index contributed by atoms with van der Waals surface area (Å²) in [6, 6.07) is 16.1. The molecule has 3 rings (SSSR count). The fourth-order valence-corrected chi connectivity index (χ4v) is 4.53. The summed E-state index contributed by atoms with van der Waals surface area (Å²) in [7, 11) is 0.677. The van der Waals surface area contributed by atoms with Crippen molar-refractivity contribution in [2.45, 2.75) is 50.0 Å². The molecule has 8 heteroatoms. The Balaban J connectivity index is 1.67. The second kappa shape index (κ2) is 10.0. The van der Waals surface area contributed by atoms with Gasteiger partial charge in [0, 0.05) is 29.4 Å². The molecule has 0 spiro atoms. The van der Waals surface area contributed by atoms with Crippen LogP contribution in [0.25, 0.3) is 11.1 Å². The van der Waals surface area contributed by atoms with Crippen molar-refractivity contribution in [2.75, 3.05) is 11.9 Å². The summed E-state index contributed by atoms with van der Waals surface area (Å²) in [5.74, 6) is -1.09. The van der Waals surface area contributed by atoms with E-state index in [0.29, 0.717) is 37.1 Å². The number of carbonyl (C=O) groups is 1.